The number of hydrogen-bond acceptors (Lipinski definition) is 5. The monoisotopic (exact) mass is 825 g/mol. The van der Waals surface area contributed by atoms with Gasteiger partial charge in [0.25, 0.3) is 0 Å². The summed E-state index contributed by atoms with van der Waals surface area (Å²) in [6.45, 7) is 0. The summed E-state index contributed by atoms with van der Waals surface area (Å²) >= 11 is 3.68. The second-order valence-electron chi connectivity index (χ2n) is 15.6. The molecule has 0 amide bonds. The van der Waals surface area contributed by atoms with E-state index in [4.69, 9.17) is 15.0 Å². The number of aromatic nitrogens is 3. The maximum atomic E-state index is 5.38. The topological polar surface area (TPSA) is 38.7 Å². The maximum absolute atomic E-state index is 5.38. The summed E-state index contributed by atoms with van der Waals surface area (Å²) in [6.07, 6.45) is 0. The third kappa shape index (κ3) is 6.56. The van der Waals surface area contributed by atoms with Crippen molar-refractivity contribution in [2.24, 2.45) is 0 Å². The Kier molecular flexibility index (Phi) is 8.87. The van der Waals surface area contributed by atoms with Gasteiger partial charge in [-0.3, -0.25) is 0 Å². The van der Waals surface area contributed by atoms with Crippen LogP contribution in [0.25, 0.3) is 119 Å². The molecular weight excluding hydrogens is 791 g/mol. The zero-order valence-electron chi connectivity index (χ0n) is 33.4. The van der Waals surface area contributed by atoms with Crippen molar-refractivity contribution in [1.29, 1.82) is 0 Å². The Bertz CT molecular complexity index is 3510. The molecule has 0 atom stereocenters. The Morgan fingerprint density at radius 3 is 1.27 bits per heavy atom. The highest BCUT2D eigenvalue weighted by Crippen LogP contribution is 2.41. The molecule has 0 saturated heterocycles. The highest BCUT2D eigenvalue weighted by atomic mass is 32.1. The van der Waals surface area contributed by atoms with Crippen LogP contribution < -0.4 is 0 Å². The summed E-state index contributed by atoms with van der Waals surface area (Å²) < 4.78 is 5.12. The number of fused-ring (bicyclic) bond motifs is 6. The van der Waals surface area contributed by atoms with Gasteiger partial charge in [0.15, 0.2) is 17.5 Å². The molecule has 3 heterocycles. The van der Waals surface area contributed by atoms with Crippen molar-refractivity contribution in [3.8, 4) is 78.7 Å². The SMILES string of the molecule is c1ccc(-c2cccc(-c3nc(-c4cc(-c5ccc6c(c5)sc5ccccc56)cc(-c5ccc6c(c5)sc5ccccc56)c4)nc(-c4ccccc4-c4ccccc4)n3)c2)cc1. The molecule has 5 heteroatoms. The molecule has 0 spiro atoms. The van der Waals surface area contributed by atoms with Crippen LogP contribution in [-0.4, -0.2) is 15.0 Å². The quantitative estimate of drug-likeness (QED) is 0.161. The van der Waals surface area contributed by atoms with E-state index in [1.807, 2.05) is 34.8 Å². The molecule has 9 aromatic carbocycles. The second-order valence-corrected chi connectivity index (χ2v) is 17.7. The lowest BCUT2D eigenvalue weighted by Crippen LogP contribution is -2.01. The molecule has 3 aromatic heterocycles. The lowest BCUT2D eigenvalue weighted by atomic mass is 9.94. The van der Waals surface area contributed by atoms with Gasteiger partial charge in [0.1, 0.15) is 0 Å². The number of benzene rings is 9. The third-order valence-corrected chi connectivity index (χ3v) is 14.0. The Hall–Kier alpha value is -7.57. The first kappa shape index (κ1) is 36.3. The van der Waals surface area contributed by atoms with E-state index in [2.05, 4.69) is 200 Å². The molecule has 0 N–H and O–H groups in total. The number of hydrogen-bond donors (Lipinski definition) is 0. The normalized spacial score (nSPS) is 11.5. The van der Waals surface area contributed by atoms with Crippen LogP contribution in [0.3, 0.4) is 0 Å². The Morgan fingerprint density at radius 2 is 0.645 bits per heavy atom. The largest absolute Gasteiger partial charge is 0.208 e. The van der Waals surface area contributed by atoms with Crippen molar-refractivity contribution in [2.45, 2.75) is 0 Å². The Balaban J connectivity index is 1.09. The first-order valence-corrected chi connectivity index (χ1v) is 22.4. The van der Waals surface area contributed by atoms with Crippen molar-refractivity contribution in [3.63, 3.8) is 0 Å². The predicted octanol–water partition coefficient (Wildman–Crippen LogP) is 16.3. The Labute approximate surface area is 366 Å². The van der Waals surface area contributed by atoms with E-state index in [1.54, 1.807) is 0 Å². The first-order valence-electron chi connectivity index (χ1n) is 20.7. The maximum Gasteiger partial charge on any atom is 0.164 e. The lowest BCUT2D eigenvalue weighted by molar-refractivity contribution is 1.07. The van der Waals surface area contributed by atoms with E-state index in [9.17, 15) is 0 Å². The first-order chi connectivity index (χ1) is 30.7. The van der Waals surface area contributed by atoms with Crippen molar-refractivity contribution < 1.29 is 0 Å². The number of nitrogens with zero attached hydrogens (tertiary/aromatic N) is 3. The summed E-state index contributed by atoms with van der Waals surface area (Å²) in [6, 6.07) is 75.8. The molecule has 290 valence electrons. The minimum Gasteiger partial charge on any atom is -0.208 e. The van der Waals surface area contributed by atoms with Crippen LogP contribution >= 0.6 is 22.7 Å². The summed E-state index contributed by atoms with van der Waals surface area (Å²) in [5.74, 6) is 1.86. The van der Waals surface area contributed by atoms with Gasteiger partial charge in [-0.25, -0.2) is 15.0 Å². The molecule has 0 saturated carbocycles. The van der Waals surface area contributed by atoms with Gasteiger partial charge in [-0.2, -0.15) is 0 Å². The summed E-state index contributed by atoms with van der Waals surface area (Å²) in [5.41, 5.74) is 11.7. The standard InChI is InChI=1S/C57H35N3S2/c1-3-14-36(15-4-1)38-18-13-19-41(30-38)55-58-56(60-57(59-55)50-23-8-7-20-45(50)37-16-5-2-6-17-37)44-32-42(39-26-28-48-46-21-9-11-24-51(46)61-53(48)34-39)31-43(33-44)40-27-29-49-47-22-10-12-25-52(47)62-54(49)35-40/h1-35H. The third-order valence-electron chi connectivity index (χ3n) is 11.7. The molecule has 0 unspecified atom stereocenters. The van der Waals surface area contributed by atoms with Gasteiger partial charge in [-0.05, 0) is 93.0 Å². The van der Waals surface area contributed by atoms with Crippen LogP contribution in [0.5, 0.6) is 0 Å². The second kappa shape index (κ2) is 15.2. The number of rotatable bonds is 7. The summed E-state index contributed by atoms with van der Waals surface area (Å²) in [7, 11) is 0. The molecule has 0 aliphatic carbocycles. The zero-order chi connectivity index (χ0) is 41.0. The molecule has 62 heavy (non-hydrogen) atoms. The highest BCUT2D eigenvalue weighted by molar-refractivity contribution is 7.26. The van der Waals surface area contributed by atoms with E-state index in [1.165, 1.54) is 40.3 Å². The average molecular weight is 826 g/mol. The molecule has 0 aliphatic rings. The lowest BCUT2D eigenvalue weighted by Gasteiger charge is -2.14. The summed E-state index contributed by atoms with van der Waals surface area (Å²) in [4.78, 5) is 16.0. The van der Waals surface area contributed by atoms with Crippen molar-refractivity contribution >= 4 is 63.0 Å². The van der Waals surface area contributed by atoms with E-state index < -0.39 is 0 Å². The van der Waals surface area contributed by atoms with Gasteiger partial charge in [0.05, 0.1) is 0 Å². The van der Waals surface area contributed by atoms with Crippen molar-refractivity contribution in [3.05, 3.63) is 212 Å². The fourth-order valence-electron chi connectivity index (χ4n) is 8.67. The van der Waals surface area contributed by atoms with Gasteiger partial charge in [0.2, 0.25) is 0 Å². The zero-order valence-corrected chi connectivity index (χ0v) is 35.0. The molecule has 0 aliphatic heterocycles. The van der Waals surface area contributed by atoms with Gasteiger partial charge < -0.3 is 0 Å². The average Bonchev–Trinajstić information content (AvgIpc) is 3.92. The van der Waals surface area contributed by atoms with E-state index >= 15 is 0 Å². The van der Waals surface area contributed by atoms with Gasteiger partial charge in [-0.15, -0.1) is 22.7 Å². The molecule has 0 fully saturated rings. The molecule has 0 radical (unpaired) electrons. The molecule has 3 nitrogen and oxygen atoms in total. The Morgan fingerprint density at radius 1 is 0.226 bits per heavy atom. The van der Waals surface area contributed by atoms with E-state index in [0.717, 1.165) is 61.2 Å². The van der Waals surface area contributed by atoms with Gasteiger partial charge in [0, 0.05) is 57.0 Å². The minimum absolute atomic E-state index is 0.618. The van der Waals surface area contributed by atoms with Gasteiger partial charge >= 0.3 is 0 Å². The fraction of sp³-hybridized carbons (Fsp3) is 0. The predicted molar refractivity (Wildman–Crippen MR) is 264 cm³/mol. The van der Waals surface area contributed by atoms with Gasteiger partial charge in [-0.1, -0.05) is 164 Å². The smallest absolute Gasteiger partial charge is 0.164 e. The van der Waals surface area contributed by atoms with E-state index in [0.29, 0.717) is 17.5 Å². The molecule has 12 aromatic rings. The molecule has 0 bridgehead atoms. The minimum atomic E-state index is 0.618. The highest BCUT2D eigenvalue weighted by Gasteiger charge is 2.19. The van der Waals surface area contributed by atoms with Crippen LogP contribution in [0.2, 0.25) is 0 Å². The summed E-state index contributed by atoms with van der Waals surface area (Å²) in [5, 5.41) is 5.15. The number of thiophene rings is 2. The van der Waals surface area contributed by atoms with Crippen LogP contribution in [0.1, 0.15) is 0 Å². The van der Waals surface area contributed by atoms with Crippen molar-refractivity contribution in [2.75, 3.05) is 0 Å². The van der Waals surface area contributed by atoms with Crippen LogP contribution in [-0.2, 0) is 0 Å². The van der Waals surface area contributed by atoms with E-state index in [-0.39, 0.29) is 0 Å². The van der Waals surface area contributed by atoms with Crippen LogP contribution in [0.4, 0.5) is 0 Å². The van der Waals surface area contributed by atoms with Crippen molar-refractivity contribution in [1.82, 2.24) is 15.0 Å². The fourth-order valence-corrected chi connectivity index (χ4v) is 11.0. The molecular formula is C57H35N3S2. The van der Waals surface area contributed by atoms with Crippen LogP contribution in [0.15, 0.2) is 212 Å². The molecule has 12 rings (SSSR count). The van der Waals surface area contributed by atoms with Crippen LogP contribution in [0, 0.1) is 0 Å².